The summed E-state index contributed by atoms with van der Waals surface area (Å²) in [5.74, 6) is 1.88. The average molecular weight is 368 g/mol. The van der Waals surface area contributed by atoms with Gasteiger partial charge in [0, 0.05) is 24.7 Å². The number of nitrogens with zero attached hydrogens (tertiary/aromatic N) is 6. The Balaban J connectivity index is 1.58. The molecular weight excluding hydrogens is 344 g/mol. The molecule has 0 saturated carbocycles. The minimum atomic E-state index is -0.133. The van der Waals surface area contributed by atoms with Gasteiger partial charge >= 0.3 is 0 Å². The maximum atomic E-state index is 5.42. The van der Waals surface area contributed by atoms with Crippen molar-refractivity contribution in [3.8, 4) is 0 Å². The third-order valence-electron chi connectivity index (χ3n) is 5.50. The SMILES string of the molecule is Cc1nonc1Cn1ccc2c(N3CC4(COC4)C3)nc(C(C)(C)C)nc21. The van der Waals surface area contributed by atoms with Crippen molar-refractivity contribution in [3.05, 3.63) is 29.5 Å². The highest BCUT2D eigenvalue weighted by atomic mass is 16.6. The number of aromatic nitrogens is 5. The molecule has 0 amide bonds. The highest BCUT2D eigenvalue weighted by Crippen LogP contribution is 2.42. The van der Waals surface area contributed by atoms with E-state index in [4.69, 9.17) is 19.3 Å². The van der Waals surface area contributed by atoms with Gasteiger partial charge in [-0.3, -0.25) is 0 Å². The monoisotopic (exact) mass is 368 g/mol. The summed E-state index contributed by atoms with van der Waals surface area (Å²) in [5, 5.41) is 8.97. The number of hydrogen-bond donors (Lipinski definition) is 0. The molecule has 5 heterocycles. The molecule has 8 nitrogen and oxygen atoms in total. The van der Waals surface area contributed by atoms with E-state index in [-0.39, 0.29) is 5.41 Å². The predicted octanol–water partition coefficient (Wildman–Crippen LogP) is 2.31. The second-order valence-electron chi connectivity index (χ2n) is 8.95. The van der Waals surface area contributed by atoms with Crippen LogP contribution in [-0.2, 0) is 16.7 Å². The lowest BCUT2D eigenvalue weighted by atomic mass is 9.78. The molecule has 0 radical (unpaired) electrons. The van der Waals surface area contributed by atoms with Gasteiger partial charge in [-0.1, -0.05) is 31.1 Å². The largest absolute Gasteiger partial charge is 0.380 e. The van der Waals surface area contributed by atoms with Crippen LogP contribution >= 0.6 is 0 Å². The van der Waals surface area contributed by atoms with E-state index >= 15 is 0 Å². The number of aryl methyl sites for hydroxylation is 1. The van der Waals surface area contributed by atoms with Crippen LogP contribution in [0.25, 0.3) is 11.0 Å². The lowest BCUT2D eigenvalue weighted by Crippen LogP contribution is -2.66. The fourth-order valence-electron chi connectivity index (χ4n) is 3.79. The molecule has 5 rings (SSSR count). The molecule has 2 aliphatic rings. The van der Waals surface area contributed by atoms with Crippen molar-refractivity contribution in [1.82, 2.24) is 24.8 Å². The summed E-state index contributed by atoms with van der Waals surface area (Å²) in [4.78, 5) is 12.2. The molecule has 0 atom stereocenters. The summed E-state index contributed by atoms with van der Waals surface area (Å²) >= 11 is 0. The van der Waals surface area contributed by atoms with Gasteiger partial charge in [0.15, 0.2) is 0 Å². The van der Waals surface area contributed by atoms with Crippen LogP contribution < -0.4 is 4.90 Å². The van der Waals surface area contributed by atoms with E-state index in [1.807, 2.05) is 13.1 Å². The standard InChI is InChI=1S/C19H24N6O2/c1-12-14(23-27-22-12)7-24-6-5-13-15(24)20-17(18(2,3)4)21-16(13)25-8-19(9-25)10-26-11-19/h5-6H,7-11H2,1-4H3. The van der Waals surface area contributed by atoms with Crippen LogP contribution in [0.2, 0.25) is 0 Å². The normalized spacial score (nSPS) is 18.7. The second kappa shape index (κ2) is 5.51. The van der Waals surface area contributed by atoms with Gasteiger partial charge in [-0.15, -0.1) is 0 Å². The van der Waals surface area contributed by atoms with E-state index in [9.17, 15) is 0 Å². The zero-order chi connectivity index (χ0) is 18.8. The summed E-state index contributed by atoms with van der Waals surface area (Å²) < 4.78 is 12.4. The van der Waals surface area contributed by atoms with Crippen molar-refractivity contribution in [2.45, 2.75) is 39.7 Å². The van der Waals surface area contributed by atoms with Crippen LogP contribution in [0, 0.1) is 12.3 Å². The Hall–Kier alpha value is -2.48. The first kappa shape index (κ1) is 16.7. The highest BCUT2D eigenvalue weighted by molar-refractivity contribution is 5.89. The molecule has 2 aliphatic heterocycles. The number of hydrogen-bond acceptors (Lipinski definition) is 7. The van der Waals surface area contributed by atoms with Gasteiger partial charge in [-0.25, -0.2) is 14.6 Å². The van der Waals surface area contributed by atoms with Crippen LogP contribution in [0.4, 0.5) is 5.82 Å². The Bertz CT molecular complexity index is 1000. The summed E-state index contributed by atoms with van der Waals surface area (Å²) in [6, 6.07) is 2.10. The van der Waals surface area contributed by atoms with E-state index in [0.717, 1.165) is 60.4 Å². The first-order valence-electron chi connectivity index (χ1n) is 9.33. The van der Waals surface area contributed by atoms with Crippen LogP contribution in [0.1, 0.15) is 38.0 Å². The molecule has 0 N–H and O–H groups in total. The summed E-state index contributed by atoms with van der Waals surface area (Å²) in [5.41, 5.74) is 2.76. The molecule has 142 valence electrons. The van der Waals surface area contributed by atoms with E-state index in [1.165, 1.54) is 0 Å². The summed E-state index contributed by atoms with van der Waals surface area (Å²) in [6.45, 7) is 12.7. The molecule has 0 unspecified atom stereocenters. The van der Waals surface area contributed by atoms with Crippen molar-refractivity contribution in [2.75, 3.05) is 31.2 Å². The van der Waals surface area contributed by atoms with Gasteiger partial charge in [0.25, 0.3) is 0 Å². The molecule has 0 aliphatic carbocycles. The highest BCUT2D eigenvalue weighted by Gasteiger charge is 2.50. The van der Waals surface area contributed by atoms with Crippen molar-refractivity contribution in [3.63, 3.8) is 0 Å². The molecular formula is C19H24N6O2. The van der Waals surface area contributed by atoms with Gasteiger partial charge in [-0.05, 0) is 13.0 Å². The van der Waals surface area contributed by atoms with Crippen molar-refractivity contribution < 1.29 is 9.37 Å². The topological polar surface area (TPSA) is 82.1 Å². The van der Waals surface area contributed by atoms with Crippen molar-refractivity contribution >= 4 is 16.9 Å². The molecule has 1 spiro atoms. The van der Waals surface area contributed by atoms with E-state index in [2.05, 4.69) is 46.6 Å². The second-order valence-corrected chi connectivity index (χ2v) is 8.95. The van der Waals surface area contributed by atoms with E-state index < -0.39 is 0 Å². The van der Waals surface area contributed by atoms with Gasteiger partial charge in [-0.2, -0.15) is 0 Å². The van der Waals surface area contributed by atoms with Gasteiger partial charge in [0.2, 0.25) is 0 Å². The number of anilines is 1. The number of fused-ring (bicyclic) bond motifs is 1. The van der Waals surface area contributed by atoms with Crippen molar-refractivity contribution in [2.24, 2.45) is 5.41 Å². The average Bonchev–Trinajstić information content (AvgIpc) is 3.11. The third-order valence-corrected chi connectivity index (χ3v) is 5.50. The Morgan fingerprint density at radius 2 is 1.93 bits per heavy atom. The van der Waals surface area contributed by atoms with Crippen LogP contribution in [-0.4, -0.2) is 51.2 Å². The number of ether oxygens (including phenoxy) is 1. The van der Waals surface area contributed by atoms with Crippen molar-refractivity contribution in [1.29, 1.82) is 0 Å². The lowest BCUT2D eigenvalue weighted by Gasteiger charge is -2.55. The zero-order valence-electron chi connectivity index (χ0n) is 16.2. The van der Waals surface area contributed by atoms with Gasteiger partial charge < -0.3 is 14.2 Å². The zero-order valence-corrected chi connectivity index (χ0v) is 16.2. The fourth-order valence-corrected chi connectivity index (χ4v) is 3.79. The molecule has 0 aromatic carbocycles. The Morgan fingerprint density at radius 3 is 2.52 bits per heavy atom. The Kier molecular flexibility index (Phi) is 3.40. The molecule has 2 fully saturated rings. The molecule has 2 saturated heterocycles. The summed E-state index contributed by atoms with van der Waals surface area (Å²) in [6.07, 6.45) is 2.05. The minimum Gasteiger partial charge on any atom is -0.380 e. The first-order valence-corrected chi connectivity index (χ1v) is 9.33. The first-order chi connectivity index (χ1) is 12.8. The maximum absolute atomic E-state index is 5.42. The van der Waals surface area contributed by atoms with Gasteiger partial charge in [0.1, 0.15) is 28.7 Å². The maximum Gasteiger partial charge on any atom is 0.146 e. The molecule has 3 aromatic rings. The number of rotatable bonds is 3. The Labute approximate surface area is 157 Å². The molecule has 27 heavy (non-hydrogen) atoms. The van der Waals surface area contributed by atoms with E-state index in [0.29, 0.717) is 12.0 Å². The van der Waals surface area contributed by atoms with Crippen LogP contribution in [0.15, 0.2) is 16.9 Å². The Morgan fingerprint density at radius 1 is 1.15 bits per heavy atom. The van der Waals surface area contributed by atoms with Crippen LogP contribution in [0.3, 0.4) is 0 Å². The van der Waals surface area contributed by atoms with Gasteiger partial charge in [0.05, 0.1) is 30.6 Å². The molecule has 8 heteroatoms. The van der Waals surface area contributed by atoms with E-state index in [1.54, 1.807) is 0 Å². The predicted molar refractivity (Wildman–Crippen MR) is 99.8 cm³/mol. The molecule has 3 aromatic heterocycles. The fraction of sp³-hybridized carbons (Fsp3) is 0.579. The summed E-state index contributed by atoms with van der Waals surface area (Å²) in [7, 11) is 0. The quantitative estimate of drug-likeness (QED) is 0.701. The van der Waals surface area contributed by atoms with Crippen LogP contribution in [0.5, 0.6) is 0 Å². The third kappa shape index (κ3) is 2.62. The smallest absolute Gasteiger partial charge is 0.146 e. The minimum absolute atomic E-state index is 0.133. The molecule has 0 bridgehead atoms. The lowest BCUT2D eigenvalue weighted by molar-refractivity contribution is -0.127.